The predicted molar refractivity (Wildman–Crippen MR) is 157 cm³/mol. The number of allylic oxidation sites excluding steroid dienone is 1. The van der Waals surface area contributed by atoms with Crippen molar-refractivity contribution in [1.82, 2.24) is 20.0 Å². The second-order valence-corrected chi connectivity index (χ2v) is 10.5. The number of pyridine rings is 1. The predicted octanol–water partition coefficient (Wildman–Crippen LogP) is 5.12. The number of para-hydroxylation sites is 1. The van der Waals surface area contributed by atoms with E-state index in [4.69, 9.17) is 5.73 Å². The van der Waals surface area contributed by atoms with Crippen molar-refractivity contribution < 1.29 is 9.31 Å². The molecule has 1 aliphatic carbocycles. The van der Waals surface area contributed by atoms with Crippen LogP contribution in [-0.2, 0) is 0 Å². The lowest BCUT2D eigenvalue weighted by Gasteiger charge is -2.21. The summed E-state index contributed by atoms with van der Waals surface area (Å²) < 4.78 is 3.31. The maximum atomic E-state index is 14.2. The van der Waals surface area contributed by atoms with E-state index in [0.717, 1.165) is 16.6 Å². The highest BCUT2D eigenvalue weighted by molar-refractivity contribution is 6.03. The van der Waals surface area contributed by atoms with E-state index in [1.54, 1.807) is 27.5 Å². The van der Waals surface area contributed by atoms with Gasteiger partial charge in [0.25, 0.3) is 11.5 Å². The van der Waals surface area contributed by atoms with Crippen LogP contribution in [0.25, 0.3) is 28.2 Å². The highest BCUT2D eigenvalue weighted by Gasteiger charge is 2.27. The third-order valence-electron chi connectivity index (χ3n) is 7.82. The molecule has 1 unspecified atom stereocenters. The number of carbonyl (C=O) groups is 1. The Labute approximate surface area is 232 Å². The van der Waals surface area contributed by atoms with Gasteiger partial charge in [-0.25, -0.2) is 5.10 Å². The molecule has 202 valence electrons. The van der Waals surface area contributed by atoms with Crippen molar-refractivity contribution in [2.75, 3.05) is 5.73 Å². The number of benzene rings is 2. The van der Waals surface area contributed by atoms with Gasteiger partial charge < -0.3 is 11.1 Å². The summed E-state index contributed by atoms with van der Waals surface area (Å²) in [6, 6.07) is 18.7. The van der Waals surface area contributed by atoms with E-state index in [2.05, 4.69) is 27.6 Å². The number of nitrogen functional groups attached to an aromatic ring is 1. The SMILES string of the molecule is CC(NC(=O)c1c(N)[nH][n+]2cccnc12)c1cc2cccc(C=CC3CCCCC3)c2c(=O)n1-c1ccccc1. The lowest BCUT2D eigenvalue weighted by Crippen LogP contribution is -2.33. The highest BCUT2D eigenvalue weighted by Crippen LogP contribution is 2.28. The zero-order valence-corrected chi connectivity index (χ0v) is 22.5. The largest absolute Gasteiger partial charge is 0.382 e. The lowest BCUT2D eigenvalue weighted by atomic mass is 9.88. The lowest BCUT2D eigenvalue weighted by molar-refractivity contribution is -0.577. The molecule has 0 radical (unpaired) electrons. The van der Waals surface area contributed by atoms with Gasteiger partial charge in [-0.15, -0.1) is 4.52 Å². The Morgan fingerprint density at radius 1 is 1.12 bits per heavy atom. The maximum Gasteiger partial charge on any atom is 0.362 e. The van der Waals surface area contributed by atoms with Crippen LogP contribution >= 0.6 is 0 Å². The minimum atomic E-state index is -0.510. The molecule has 5 aromatic rings. The minimum Gasteiger partial charge on any atom is -0.382 e. The normalized spacial score (nSPS) is 15.1. The molecule has 40 heavy (non-hydrogen) atoms. The summed E-state index contributed by atoms with van der Waals surface area (Å²) in [6.45, 7) is 1.87. The number of nitrogens with one attached hydrogen (secondary N) is 2. The summed E-state index contributed by atoms with van der Waals surface area (Å²) in [4.78, 5) is 32.0. The first-order valence-electron chi connectivity index (χ1n) is 13.9. The zero-order chi connectivity index (χ0) is 27.6. The Balaban J connectivity index is 1.44. The first-order valence-corrected chi connectivity index (χ1v) is 13.9. The van der Waals surface area contributed by atoms with Crippen LogP contribution in [0, 0.1) is 5.92 Å². The van der Waals surface area contributed by atoms with Gasteiger partial charge in [-0.1, -0.05) is 67.8 Å². The van der Waals surface area contributed by atoms with Crippen LogP contribution < -0.4 is 21.1 Å². The van der Waals surface area contributed by atoms with Crippen molar-refractivity contribution in [2.45, 2.75) is 45.1 Å². The highest BCUT2D eigenvalue weighted by atomic mass is 16.2. The second-order valence-electron chi connectivity index (χ2n) is 10.5. The average Bonchev–Trinajstić information content (AvgIpc) is 3.32. The molecule has 1 atom stereocenters. The molecule has 0 aliphatic heterocycles. The number of H-pyrrole nitrogens is 1. The van der Waals surface area contributed by atoms with Gasteiger partial charge in [-0.2, -0.15) is 0 Å². The molecule has 0 spiro atoms. The van der Waals surface area contributed by atoms with Gasteiger partial charge in [-0.3, -0.25) is 14.2 Å². The quantitative estimate of drug-likeness (QED) is 0.263. The Bertz CT molecular complexity index is 1780. The number of fused-ring (bicyclic) bond motifs is 2. The van der Waals surface area contributed by atoms with Crippen molar-refractivity contribution >= 4 is 34.2 Å². The summed E-state index contributed by atoms with van der Waals surface area (Å²) in [7, 11) is 0. The fourth-order valence-electron chi connectivity index (χ4n) is 5.80. The van der Waals surface area contributed by atoms with Gasteiger partial charge >= 0.3 is 5.65 Å². The van der Waals surface area contributed by atoms with Gasteiger partial charge in [-0.05, 0) is 59.8 Å². The number of carbonyl (C=O) groups excluding carboxylic acids is 1. The van der Waals surface area contributed by atoms with Gasteiger partial charge in [0.15, 0.2) is 11.4 Å². The molecule has 0 saturated heterocycles. The first kappa shape index (κ1) is 25.6. The zero-order valence-electron chi connectivity index (χ0n) is 22.5. The molecular weight excluding hydrogens is 500 g/mol. The topological polar surface area (TPSA) is 110 Å². The van der Waals surface area contributed by atoms with Gasteiger partial charge in [0.1, 0.15) is 12.4 Å². The summed E-state index contributed by atoms with van der Waals surface area (Å²) >= 11 is 0. The molecular formula is C32H33N6O2+. The number of hydrogen-bond acceptors (Lipinski definition) is 4. The van der Waals surface area contributed by atoms with Crippen LogP contribution in [0.15, 0.2) is 83.9 Å². The minimum absolute atomic E-state index is 0.118. The number of anilines is 1. The van der Waals surface area contributed by atoms with E-state index in [1.165, 1.54) is 32.1 Å². The molecule has 1 aliphatic rings. The fourth-order valence-corrected chi connectivity index (χ4v) is 5.80. The Kier molecular flexibility index (Phi) is 6.90. The number of nitrogens with two attached hydrogens (primary N) is 1. The molecule has 8 nitrogen and oxygen atoms in total. The smallest absolute Gasteiger partial charge is 0.362 e. The van der Waals surface area contributed by atoms with Crippen LogP contribution in [0.5, 0.6) is 0 Å². The summed E-state index contributed by atoms with van der Waals surface area (Å²) in [5, 5.41) is 7.50. The fraction of sp³-hybridized carbons (Fsp3) is 0.250. The molecule has 0 bridgehead atoms. The van der Waals surface area contributed by atoms with E-state index < -0.39 is 6.04 Å². The monoisotopic (exact) mass is 533 g/mol. The first-order chi connectivity index (χ1) is 19.5. The number of aromatic nitrogens is 4. The van der Waals surface area contributed by atoms with E-state index >= 15 is 0 Å². The molecule has 8 heteroatoms. The molecule has 3 aromatic heterocycles. The molecule has 1 fully saturated rings. The Morgan fingerprint density at radius 3 is 2.73 bits per heavy atom. The van der Waals surface area contributed by atoms with Crippen molar-refractivity contribution in [3.8, 4) is 5.69 Å². The van der Waals surface area contributed by atoms with Gasteiger partial charge in [0.2, 0.25) is 0 Å². The van der Waals surface area contributed by atoms with Crippen LogP contribution in [0.3, 0.4) is 0 Å². The van der Waals surface area contributed by atoms with Crippen molar-refractivity contribution in [1.29, 1.82) is 0 Å². The van der Waals surface area contributed by atoms with E-state index in [9.17, 15) is 9.59 Å². The van der Waals surface area contributed by atoms with E-state index in [-0.39, 0.29) is 22.8 Å². The van der Waals surface area contributed by atoms with Crippen LogP contribution in [-0.4, -0.2) is 20.6 Å². The standard InChI is InChI=1S/C32H32N6O2/c1-21(35-31(39)28-29(33)36-37-19-9-18-34-30(28)37)26-20-24-13-8-12-23(17-16-22-10-4-2-5-11-22)27(24)32(40)38(26)25-14-6-3-7-15-25/h3,6-9,12-22H,2,4-5,10-11H2,1H3,(H3,33,35,36,39)/p+1. The summed E-state index contributed by atoms with van der Waals surface area (Å²) in [5.41, 5.74) is 9.04. The van der Waals surface area contributed by atoms with Gasteiger partial charge in [0.05, 0.1) is 11.4 Å². The molecule has 4 N–H and O–H groups in total. The van der Waals surface area contributed by atoms with Crippen molar-refractivity contribution in [3.05, 3.63) is 106 Å². The third-order valence-corrected chi connectivity index (χ3v) is 7.82. The van der Waals surface area contributed by atoms with Gasteiger partial charge in [0, 0.05) is 17.4 Å². The molecule has 3 heterocycles. The molecule has 1 amide bonds. The summed E-state index contributed by atoms with van der Waals surface area (Å²) in [6.07, 6.45) is 14.0. The number of amides is 1. The average molecular weight is 534 g/mol. The van der Waals surface area contributed by atoms with E-state index in [0.29, 0.717) is 22.6 Å². The Hall–Kier alpha value is -4.72. The second kappa shape index (κ2) is 10.8. The third kappa shape index (κ3) is 4.77. The van der Waals surface area contributed by atoms with Crippen molar-refractivity contribution in [3.63, 3.8) is 0 Å². The van der Waals surface area contributed by atoms with Crippen molar-refractivity contribution in [2.24, 2.45) is 5.92 Å². The number of rotatable bonds is 6. The number of aromatic amines is 1. The molecule has 1 saturated carbocycles. The summed E-state index contributed by atoms with van der Waals surface area (Å²) in [5.74, 6) is 0.398. The van der Waals surface area contributed by atoms with Crippen LogP contribution in [0.2, 0.25) is 0 Å². The van der Waals surface area contributed by atoms with Crippen LogP contribution in [0.1, 0.15) is 66.7 Å². The Morgan fingerprint density at radius 2 is 1.93 bits per heavy atom. The molecule has 2 aromatic carbocycles. The molecule has 6 rings (SSSR count). The number of hydrogen-bond donors (Lipinski definition) is 3. The van der Waals surface area contributed by atoms with Crippen LogP contribution in [0.4, 0.5) is 5.82 Å². The van der Waals surface area contributed by atoms with E-state index in [1.807, 2.05) is 61.5 Å². The maximum absolute atomic E-state index is 14.2. The number of nitrogens with zero attached hydrogens (tertiary/aromatic N) is 3.